The van der Waals surface area contributed by atoms with Crippen LogP contribution in [0.15, 0.2) is 52.9 Å². The predicted octanol–water partition coefficient (Wildman–Crippen LogP) is 5.45. The molecule has 3 aromatic heterocycles. The van der Waals surface area contributed by atoms with Crippen LogP contribution in [0.25, 0.3) is 16.3 Å². The van der Waals surface area contributed by atoms with Gasteiger partial charge in [-0.25, -0.2) is 0 Å². The Morgan fingerprint density at radius 3 is 2.79 bits per heavy atom. The lowest BCUT2D eigenvalue weighted by Crippen LogP contribution is -1.96. The van der Waals surface area contributed by atoms with E-state index in [1.165, 1.54) is 0 Å². The summed E-state index contributed by atoms with van der Waals surface area (Å²) < 4.78 is 1.78. The van der Waals surface area contributed by atoms with E-state index in [1.807, 2.05) is 41.8 Å². The lowest BCUT2D eigenvalue weighted by atomic mass is 10.2. The standard InChI is InChI=1S/C16H10Cl2N4S2/c17-11-4-3-10(12(18)8-11)9-24-15-6-5-14-19-20-16(22(14)21-15)13-2-1-7-23-13/h1-8H,9H2. The van der Waals surface area contributed by atoms with Gasteiger partial charge in [0.05, 0.1) is 4.88 Å². The molecule has 0 aliphatic rings. The molecule has 0 bridgehead atoms. The van der Waals surface area contributed by atoms with E-state index in [9.17, 15) is 0 Å². The minimum atomic E-state index is 0.637. The van der Waals surface area contributed by atoms with Gasteiger partial charge in [0.1, 0.15) is 5.03 Å². The third-order valence-corrected chi connectivity index (χ3v) is 5.79. The van der Waals surface area contributed by atoms with Gasteiger partial charge in [-0.05, 0) is 41.3 Å². The second-order valence-electron chi connectivity index (χ2n) is 4.97. The zero-order valence-corrected chi connectivity index (χ0v) is 15.3. The van der Waals surface area contributed by atoms with Crippen molar-refractivity contribution in [2.24, 2.45) is 0 Å². The number of rotatable bonds is 4. The van der Waals surface area contributed by atoms with E-state index >= 15 is 0 Å². The van der Waals surface area contributed by atoms with Gasteiger partial charge in [0, 0.05) is 15.8 Å². The van der Waals surface area contributed by atoms with Crippen molar-refractivity contribution >= 4 is 51.9 Å². The molecule has 0 aliphatic heterocycles. The van der Waals surface area contributed by atoms with E-state index in [0.29, 0.717) is 15.8 Å². The van der Waals surface area contributed by atoms with Crippen molar-refractivity contribution in [1.29, 1.82) is 0 Å². The molecule has 4 nitrogen and oxygen atoms in total. The summed E-state index contributed by atoms with van der Waals surface area (Å²) in [6.07, 6.45) is 0. The average Bonchev–Trinajstić information content (AvgIpc) is 3.22. The largest absolute Gasteiger partial charge is 0.195 e. The van der Waals surface area contributed by atoms with Gasteiger partial charge in [-0.15, -0.1) is 21.5 Å². The zero-order chi connectivity index (χ0) is 16.5. The molecule has 4 aromatic rings. The molecular formula is C16H10Cl2N4S2. The maximum Gasteiger partial charge on any atom is 0.195 e. The fourth-order valence-corrected chi connectivity index (χ4v) is 4.31. The Hall–Kier alpha value is -1.60. The quantitative estimate of drug-likeness (QED) is 0.433. The Labute approximate surface area is 156 Å². The van der Waals surface area contributed by atoms with Crippen LogP contribution in [0, 0.1) is 0 Å². The van der Waals surface area contributed by atoms with E-state index < -0.39 is 0 Å². The van der Waals surface area contributed by atoms with Crippen molar-refractivity contribution in [1.82, 2.24) is 19.8 Å². The first kappa shape index (κ1) is 15.9. The van der Waals surface area contributed by atoms with Crippen LogP contribution in [0.4, 0.5) is 0 Å². The molecule has 120 valence electrons. The third-order valence-electron chi connectivity index (χ3n) is 3.37. The second kappa shape index (κ2) is 6.72. The maximum atomic E-state index is 6.22. The van der Waals surface area contributed by atoms with Gasteiger partial charge in [0.15, 0.2) is 11.5 Å². The van der Waals surface area contributed by atoms with Crippen LogP contribution >= 0.6 is 46.3 Å². The number of nitrogens with zero attached hydrogens (tertiary/aromatic N) is 4. The highest BCUT2D eigenvalue weighted by Gasteiger charge is 2.11. The van der Waals surface area contributed by atoms with Crippen molar-refractivity contribution in [3.8, 4) is 10.7 Å². The topological polar surface area (TPSA) is 43.1 Å². The molecule has 0 amide bonds. The Morgan fingerprint density at radius 1 is 1.08 bits per heavy atom. The number of fused-ring (bicyclic) bond motifs is 1. The van der Waals surface area contributed by atoms with Crippen molar-refractivity contribution < 1.29 is 0 Å². The first-order valence-corrected chi connectivity index (χ1v) is 9.66. The number of halogens is 2. The number of hydrogen-bond donors (Lipinski definition) is 0. The Kier molecular flexibility index (Phi) is 4.45. The summed E-state index contributed by atoms with van der Waals surface area (Å²) in [5.41, 5.74) is 1.75. The van der Waals surface area contributed by atoms with Gasteiger partial charge in [-0.1, -0.05) is 47.1 Å². The summed E-state index contributed by atoms with van der Waals surface area (Å²) in [6, 6.07) is 13.4. The molecule has 0 spiro atoms. The predicted molar refractivity (Wildman–Crippen MR) is 100 cm³/mol. The van der Waals surface area contributed by atoms with Gasteiger partial charge in [0.25, 0.3) is 0 Å². The minimum Gasteiger partial charge on any atom is -0.191 e. The van der Waals surface area contributed by atoms with Gasteiger partial charge < -0.3 is 0 Å². The molecule has 0 fully saturated rings. The molecule has 0 N–H and O–H groups in total. The average molecular weight is 393 g/mol. The van der Waals surface area contributed by atoms with Crippen LogP contribution in [0.3, 0.4) is 0 Å². The van der Waals surface area contributed by atoms with E-state index in [4.69, 9.17) is 23.2 Å². The smallest absolute Gasteiger partial charge is 0.191 e. The molecule has 24 heavy (non-hydrogen) atoms. The fraction of sp³-hybridized carbons (Fsp3) is 0.0625. The summed E-state index contributed by atoms with van der Waals surface area (Å²) in [7, 11) is 0. The first-order valence-electron chi connectivity index (χ1n) is 7.04. The van der Waals surface area contributed by atoms with Crippen molar-refractivity contribution in [2.45, 2.75) is 10.8 Å². The molecule has 8 heteroatoms. The monoisotopic (exact) mass is 392 g/mol. The molecule has 0 unspecified atom stereocenters. The SMILES string of the molecule is Clc1ccc(CSc2ccc3nnc(-c4cccs4)n3n2)c(Cl)c1. The van der Waals surface area contributed by atoms with Gasteiger partial charge >= 0.3 is 0 Å². The van der Waals surface area contributed by atoms with Crippen LogP contribution in [0.1, 0.15) is 5.56 Å². The van der Waals surface area contributed by atoms with Crippen LogP contribution in [0.5, 0.6) is 0 Å². The molecule has 4 rings (SSSR count). The first-order chi connectivity index (χ1) is 11.7. The van der Waals surface area contributed by atoms with E-state index in [0.717, 1.165) is 26.9 Å². The van der Waals surface area contributed by atoms with Crippen LogP contribution in [0.2, 0.25) is 10.0 Å². The molecule has 0 aliphatic carbocycles. The Balaban J connectivity index is 1.62. The van der Waals surface area contributed by atoms with Crippen molar-refractivity contribution in [3.63, 3.8) is 0 Å². The lowest BCUT2D eigenvalue weighted by Gasteiger charge is -2.05. The molecule has 0 radical (unpaired) electrons. The lowest BCUT2D eigenvalue weighted by molar-refractivity contribution is 0.862. The van der Waals surface area contributed by atoms with E-state index in [2.05, 4.69) is 15.3 Å². The Bertz CT molecular complexity index is 999. The van der Waals surface area contributed by atoms with Crippen molar-refractivity contribution in [2.75, 3.05) is 0 Å². The number of hydrogen-bond acceptors (Lipinski definition) is 5. The molecule has 0 saturated carbocycles. The second-order valence-corrected chi connectivity index (χ2v) is 7.75. The zero-order valence-electron chi connectivity index (χ0n) is 12.2. The van der Waals surface area contributed by atoms with Crippen LogP contribution in [-0.4, -0.2) is 19.8 Å². The maximum absolute atomic E-state index is 6.22. The number of benzene rings is 1. The van der Waals surface area contributed by atoms with Gasteiger partial charge in [0.2, 0.25) is 0 Å². The summed E-state index contributed by atoms with van der Waals surface area (Å²) in [5, 5.41) is 17.2. The minimum absolute atomic E-state index is 0.637. The fourth-order valence-electron chi connectivity index (χ4n) is 2.20. The highest BCUT2D eigenvalue weighted by molar-refractivity contribution is 7.98. The summed E-state index contributed by atoms with van der Waals surface area (Å²) >= 11 is 15.4. The highest BCUT2D eigenvalue weighted by atomic mass is 35.5. The molecule has 3 heterocycles. The van der Waals surface area contributed by atoms with Crippen molar-refractivity contribution in [3.05, 3.63) is 63.5 Å². The normalized spacial score (nSPS) is 11.2. The number of thioether (sulfide) groups is 1. The van der Waals surface area contributed by atoms with Crippen LogP contribution in [-0.2, 0) is 5.75 Å². The number of aromatic nitrogens is 4. The van der Waals surface area contributed by atoms with Crippen LogP contribution < -0.4 is 0 Å². The molecule has 0 atom stereocenters. The highest BCUT2D eigenvalue weighted by Crippen LogP contribution is 2.29. The summed E-state index contributed by atoms with van der Waals surface area (Å²) in [4.78, 5) is 1.04. The molecule has 0 saturated heterocycles. The van der Waals surface area contributed by atoms with Gasteiger partial charge in [-0.2, -0.15) is 9.61 Å². The van der Waals surface area contributed by atoms with Gasteiger partial charge in [-0.3, -0.25) is 0 Å². The number of thiophene rings is 1. The van der Waals surface area contributed by atoms with E-state index in [-0.39, 0.29) is 0 Å². The third kappa shape index (κ3) is 3.15. The summed E-state index contributed by atoms with van der Waals surface area (Å²) in [6.45, 7) is 0. The summed E-state index contributed by atoms with van der Waals surface area (Å²) in [5.74, 6) is 1.47. The molecular weight excluding hydrogens is 383 g/mol. The Morgan fingerprint density at radius 2 is 2.00 bits per heavy atom. The van der Waals surface area contributed by atoms with E-state index in [1.54, 1.807) is 33.7 Å². The molecule has 1 aromatic carbocycles.